The van der Waals surface area contributed by atoms with Gasteiger partial charge in [0.05, 0.1) is 5.69 Å². The zero-order valence-electron chi connectivity index (χ0n) is 9.95. The van der Waals surface area contributed by atoms with E-state index in [2.05, 4.69) is 4.74 Å². The molecule has 0 amide bonds. The number of benzene rings is 2. The number of hydrogen-bond acceptors (Lipinski definition) is 3. The number of ether oxygens (including phenoxy) is 2. The number of rotatable bonds is 3. The van der Waals surface area contributed by atoms with Crippen molar-refractivity contribution in [1.82, 2.24) is 0 Å². The molecule has 106 valence electrons. The first-order chi connectivity index (χ1) is 9.35. The fraction of sp³-hybridized carbons (Fsp3) is 0.0769. The third-order valence-electron chi connectivity index (χ3n) is 2.27. The van der Waals surface area contributed by atoms with Gasteiger partial charge in [0.25, 0.3) is 0 Å². The molecule has 0 heterocycles. The van der Waals surface area contributed by atoms with Crippen molar-refractivity contribution in [2.45, 2.75) is 6.36 Å². The maximum Gasteiger partial charge on any atom is 0.573 e. The summed E-state index contributed by atoms with van der Waals surface area (Å²) >= 11 is 5.73. The number of para-hydroxylation sites is 2. The lowest BCUT2D eigenvalue weighted by Gasteiger charge is -2.14. The summed E-state index contributed by atoms with van der Waals surface area (Å²) in [6.07, 6.45) is -4.80. The van der Waals surface area contributed by atoms with Gasteiger partial charge in [0, 0.05) is 5.02 Å². The van der Waals surface area contributed by atoms with Gasteiger partial charge >= 0.3 is 6.36 Å². The summed E-state index contributed by atoms with van der Waals surface area (Å²) < 4.78 is 46.0. The van der Waals surface area contributed by atoms with Crippen molar-refractivity contribution in [2.24, 2.45) is 0 Å². The maximum absolute atomic E-state index is 12.3. The Bertz CT molecular complexity index is 617. The van der Waals surface area contributed by atoms with Crippen LogP contribution in [0.4, 0.5) is 18.9 Å². The van der Waals surface area contributed by atoms with Crippen molar-refractivity contribution in [3.8, 4) is 17.2 Å². The molecule has 0 aliphatic heterocycles. The number of nitrogens with two attached hydrogens (primary N) is 1. The van der Waals surface area contributed by atoms with E-state index in [1.165, 1.54) is 36.4 Å². The second kappa shape index (κ2) is 5.50. The van der Waals surface area contributed by atoms with Crippen LogP contribution >= 0.6 is 11.6 Å². The summed E-state index contributed by atoms with van der Waals surface area (Å²) in [7, 11) is 0. The fourth-order valence-corrected chi connectivity index (χ4v) is 1.65. The number of halogens is 4. The normalized spacial score (nSPS) is 11.2. The molecule has 0 spiro atoms. The van der Waals surface area contributed by atoms with Crippen LogP contribution in [0.15, 0.2) is 42.5 Å². The van der Waals surface area contributed by atoms with E-state index in [4.69, 9.17) is 22.1 Å². The molecule has 0 atom stereocenters. The summed E-state index contributed by atoms with van der Waals surface area (Å²) in [5.41, 5.74) is 5.88. The van der Waals surface area contributed by atoms with Crippen LogP contribution in [-0.2, 0) is 0 Å². The third-order valence-corrected chi connectivity index (χ3v) is 2.50. The van der Waals surface area contributed by atoms with E-state index in [0.29, 0.717) is 5.02 Å². The highest BCUT2D eigenvalue weighted by atomic mass is 35.5. The maximum atomic E-state index is 12.3. The Balaban J connectivity index is 2.29. The highest BCUT2D eigenvalue weighted by molar-refractivity contribution is 6.30. The largest absolute Gasteiger partial charge is 0.573 e. The molecule has 0 unspecified atom stereocenters. The highest BCUT2D eigenvalue weighted by Gasteiger charge is 2.32. The van der Waals surface area contributed by atoms with Crippen LogP contribution in [-0.4, -0.2) is 6.36 Å². The summed E-state index contributed by atoms with van der Waals surface area (Å²) in [5.74, 6) is -0.360. The van der Waals surface area contributed by atoms with Crippen LogP contribution in [0.1, 0.15) is 0 Å². The Morgan fingerprint density at radius 1 is 0.950 bits per heavy atom. The average Bonchev–Trinajstić information content (AvgIpc) is 2.33. The van der Waals surface area contributed by atoms with Crippen molar-refractivity contribution in [3.63, 3.8) is 0 Å². The van der Waals surface area contributed by atoms with Crippen LogP contribution in [0.5, 0.6) is 17.2 Å². The molecule has 0 radical (unpaired) electrons. The molecule has 0 aliphatic rings. The molecule has 2 N–H and O–H groups in total. The SMILES string of the molecule is Nc1cc(Cl)ccc1Oc1ccccc1OC(F)(F)F. The van der Waals surface area contributed by atoms with Gasteiger partial charge in [0.15, 0.2) is 17.2 Å². The van der Waals surface area contributed by atoms with Crippen LogP contribution < -0.4 is 15.2 Å². The van der Waals surface area contributed by atoms with E-state index in [1.54, 1.807) is 0 Å². The Hall–Kier alpha value is -2.08. The predicted molar refractivity (Wildman–Crippen MR) is 69.1 cm³/mol. The molecule has 0 bridgehead atoms. The Morgan fingerprint density at radius 2 is 1.60 bits per heavy atom. The van der Waals surface area contributed by atoms with E-state index in [-0.39, 0.29) is 17.2 Å². The Kier molecular flexibility index (Phi) is 3.94. The van der Waals surface area contributed by atoms with E-state index in [1.807, 2.05) is 0 Å². The first-order valence-corrected chi connectivity index (χ1v) is 5.80. The number of alkyl halides is 3. The molecule has 0 saturated carbocycles. The summed E-state index contributed by atoms with van der Waals surface area (Å²) in [6, 6.07) is 9.82. The Morgan fingerprint density at radius 3 is 2.20 bits per heavy atom. The molecule has 2 rings (SSSR count). The number of hydrogen-bond donors (Lipinski definition) is 1. The van der Waals surface area contributed by atoms with Crippen LogP contribution in [0.2, 0.25) is 5.02 Å². The van der Waals surface area contributed by atoms with E-state index in [9.17, 15) is 13.2 Å². The topological polar surface area (TPSA) is 44.5 Å². The second-order valence-electron chi connectivity index (χ2n) is 3.78. The molecule has 3 nitrogen and oxygen atoms in total. The van der Waals surface area contributed by atoms with Gasteiger partial charge < -0.3 is 15.2 Å². The fourth-order valence-electron chi connectivity index (χ4n) is 1.47. The van der Waals surface area contributed by atoms with Gasteiger partial charge in [-0.05, 0) is 30.3 Å². The molecule has 7 heteroatoms. The molecule has 2 aromatic rings. The minimum absolute atomic E-state index is 0.0983. The molecular weight excluding hydrogens is 295 g/mol. The van der Waals surface area contributed by atoms with E-state index >= 15 is 0 Å². The molecule has 20 heavy (non-hydrogen) atoms. The van der Waals surface area contributed by atoms with Crippen molar-refractivity contribution >= 4 is 17.3 Å². The average molecular weight is 304 g/mol. The lowest BCUT2D eigenvalue weighted by Crippen LogP contribution is -2.17. The third kappa shape index (κ3) is 3.71. The monoisotopic (exact) mass is 303 g/mol. The zero-order chi connectivity index (χ0) is 14.8. The first-order valence-electron chi connectivity index (χ1n) is 5.43. The molecule has 0 fully saturated rings. The minimum Gasteiger partial charge on any atom is -0.451 e. The first kappa shape index (κ1) is 14.3. The zero-order valence-corrected chi connectivity index (χ0v) is 10.7. The van der Waals surface area contributed by atoms with E-state index < -0.39 is 12.1 Å². The van der Waals surface area contributed by atoms with Crippen molar-refractivity contribution in [2.75, 3.05) is 5.73 Å². The van der Waals surface area contributed by atoms with Gasteiger partial charge in [-0.15, -0.1) is 13.2 Å². The van der Waals surface area contributed by atoms with Crippen LogP contribution in [0.3, 0.4) is 0 Å². The quantitative estimate of drug-likeness (QED) is 0.842. The Labute approximate surface area is 117 Å². The molecule has 0 saturated heterocycles. The van der Waals surface area contributed by atoms with Gasteiger partial charge in [-0.1, -0.05) is 23.7 Å². The molecular formula is C13H9ClF3NO2. The van der Waals surface area contributed by atoms with Gasteiger partial charge in [0.2, 0.25) is 0 Å². The van der Waals surface area contributed by atoms with Gasteiger partial charge in [-0.25, -0.2) is 0 Å². The molecule has 0 aromatic heterocycles. The highest BCUT2D eigenvalue weighted by Crippen LogP contribution is 2.37. The summed E-state index contributed by atoms with van der Waals surface area (Å²) in [6.45, 7) is 0. The predicted octanol–water partition coefficient (Wildman–Crippen LogP) is 4.61. The van der Waals surface area contributed by atoms with E-state index in [0.717, 1.165) is 6.07 Å². The summed E-state index contributed by atoms with van der Waals surface area (Å²) in [5, 5.41) is 0.398. The van der Waals surface area contributed by atoms with Gasteiger partial charge in [-0.2, -0.15) is 0 Å². The van der Waals surface area contributed by atoms with Crippen molar-refractivity contribution < 1.29 is 22.6 Å². The van der Waals surface area contributed by atoms with Crippen molar-refractivity contribution in [1.29, 1.82) is 0 Å². The van der Waals surface area contributed by atoms with Gasteiger partial charge in [0.1, 0.15) is 0 Å². The summed E-state index contributed by atoms with van der Waals surface area (Å²) in [4.78, 5) is 0. The lowest BCUT2D eigenvalue weighted by atomic mass is 10.3. The van der Waals surface area contributed by atoms with Crippen molar-refractivity contribution in [3.05, 3.63) is 47.5 Å². The smallest absolute Gasteiger partial charge is 0.451 e. The van der Waals surface area contributed by atoms with Gasteiger partial charge in [-0.3, -0.25) is 0 Å². The molecule has 0 aliphatic carbocycles. The minimum atomic E-state index is -4.80. The standard InChI is InChI=1S/C13H9ClF3NO2/c14-8-5-6-10(9(18)7-8)19-11-3-1-2-4-12(11)20-13(15,16)17/h1-7H,18H2. The second-order valence-corrected chi connectivity index (χ2v) is 4.22. The van der Waals surface area contributed by atoms with Crippen LogP contribution in [0, 0.1) is 0 Å². The molecule has 2 aromatic carbocycles. The number of anilines is 1. The lowest BCUT2D eigenvalue weighted by molar-refractivity contribution is -0.275. The number of nitrogen functional groups attached to an aromatic ring is 1. The van der Waals surface area contributed by atoms with Crippen LogP contribution in [0.25, 0.3) is 0 Å².